The number of carbonyl (C=O) groups is 2. The predicted octanol–water partition coefficient (Wildman–Crippen LogP) is 3.17. The molecule has 0 bridgehead atoms. The standard InChI is InChI=1S/C30H37NO11S/c1-16(32)38-15-29(4)21-13-23(42-43(6,36)37)30(5)26(28(21,3)10-9-22(29)39-17(2)33)25(34)24-20(41-30)12-19(40-27(24)35)18-8-7-11-31-14-18/h7-8,11-12,14,21-23,25-26,34H,9-10,13,15H2,1-6H3/t21?,22-,23-,25?,26?,28-,29-,30+/m0/s1. The van der Waals surface area contributed by atoms with Crippen molar-refractivity contribution in [2.45, 2.75) is 77.8 Å². The highest BCUT2D eigenvalue weighted by Gasteiger charge is 2.70. The van der Waals surface area contributed by atoms with Crippen LogP contribution in [0.1, 0.15) is 65.5 Å². The number of carbonyl (C=O) groups excluding carboxylic acids is 2. The molecule has 0 aromatic carbocycles. The van der Waals surface area contributed by atoms with E-state index in [1.807, 2.05) is 13.8 Å². The Morgan fingerprint density at radius 3 is 2.49 bits per heavy atom. The van der Waals surface area contributed by atoms with Crippen LogP contribution in [0, 0.1) is 22.7 Å². The SMILES string of the molecule is CC(=O)OC[C@@]1(C)C2C[C@H](OS(C)(=O)=O)[C@@]3(C)Oc4cc(-c5cccnc5)oc(=O)c4C(O)C3[C@@]2(C)CC[C@@H]1OC(C)=O. The van der Waals surface area contributed by atoms with Crippen molar-refractivity contribution in [1.82, 2.24) is 4.98 Å². The van der Waals surface area contributed by atoms with Crippen molar-refractivity contribution in [2.24, 2.45) is 22.7 Å². The largest absolute Gasteiger partial charge is 0.484 e. The number of aromatic nitrogens is 1. The van der Waals surface area contributed by atoms with E-state index in [0.717, 1.165) is 6.26 Å². The van der Waals surface area contributed by atoms with Gasteiger partial charge < -0.3 is 23.7 Å². The molecule has 3 aliphatic rings. The van der Waals surface area contributed by atoms with Crippen LogP contribution in [0.15, 0.2) is 39.8 Å². The smallest absolute Gasteiger partial charge is 0.345 e. The Hall–Kier alpha value is -3.29. The van der Waals surface area contributed by atoms with E-state index < -0.39 is 74.3 Å². The van der Waals surface area contributed by atoms with Gasteiger partial charge in [0.2, 0.25) is 0 Å². The van der Waals surface area contributed by atoms with Crippen LogP contribution in [0.25, 0.3) is 11.3 Å². The van der Waals surface area contributed by atoms with Gasteiger partial charge in [-0.1, -0.05) is 13.8 Å². The summed E-state index contributed by atoms with van der Waals surface area (Å²) < 4.78 is 54.3. The second-order valence-corrected chi connectivity index (χ2v) is 14.2. The van der Waals surface area contributed by atoms with Gasteiger partial charge in [0, 0.05) is 49.2 Å². The fourth-order valence-electron chi connectivity index (χ4n) is 8.02. The molecule has 234 valence electrons. The van der Waals surface area contributed by atoms with Crippen molar-refractivity contribution in [1.29, 1.82) is 0 Å². The number of rotatable bonds is 6. The van der Waals surface area contributed by atoms with Gasteiger partial charge in [-0.2, -0.15) is 8.42 Å². The molecular formula is C30H37NO11S. The number of hydrogen-bond acceptors (Lipinski definition) is 12. The Bertz CT molecular complexity index is 1590. The molecule has 0 amide bonds. The average Bonchev–Trinajstić information content (AvgIpc) is 2.89. The third-order valence-electron chi connectivity index (χ3n) is 9.71. The number of esters is 2. The molecule has 2 aromatic rings. The molecule has 1 N–H and O–H groups in total. The van der Waals surface area contributed by atoms with Crippen LogP contribution in [0.2, 0.25) is 0 Å². The Kier molecular flexibility index (Phi) is 7.75. The quantitative estimate of drug-likeness (QED) is 0.371. The number of aliphatic hydroxyl groups excluding tert-OH is 1. The van der Waals surface area contributed by atoms with E-state index in [9.17, 15) is 27.9 Å². The summed E-state index contributed by atoms with van der Waals surface area (Å²) in [6, 6.07) is 4.88. The van der Waals surface area contributed by atoms with Crippen LogP contribution in [0.5, 0.6) is 5.75 Å². The summed E-state index contributed by atoms with van der Waals surface area (Å²) in [4.78, 5) is 41.6. The van der Waals surface area contributed by atoms with Crippen LogP contribution in [-0.2, 0) is 33.4 Å². The summed E-state index contributed by atoms with van der Waals surface area (Å²) in [5.41, 5.74) is -3.63. The van der Waals surface area contributed by atoms with Crippen molar-refractivity contribution in [3.05, 3.63) is 46.6 Å². The number of pyridine rings is 1. The molecular weight excluding hydrogens is 582 g/mol. The van der Waals surface area contributed by atoms with E-state index in [0.29, 0.717) is 18.4 Å². The van der Waals surface area contributed by atoms with Crippen LogP contribution < -0.4 is 10.4 Å². The number of nitrogens with zero attached hydrogens (tertiary/aromatic N) is 1. The van der Waals surface area contributed by atoms with Crippen LogP contribution in [0.3, 0.4) is 0 Å². The van der Waals surface area contributed by atoms with Crippen LogP contribution in [0.4, 0.5) is 0 Å². The van der Waals surface area contributed by atoms with Gasteiger partial charge in [-0.25, -0.2) is 4.79 Å². The molecule has 3 unspecified atom stereocenters. The second-order valence-electron chi connectivity index (χ2n) is 12.6. The number of fused-ring (bicyclic) bond motifs is 4. The molecule has 2 saturated carbocycles. The second kappa shape index (κ2) is 10.7. The fraction of sp³-hybridized carbons (Fsp3) is 0.600. The molecule has 2 fully saturated rings. The first kappa shape index (κ1) is 31.1. The van der Waals surface area contributed by atoms with Gasteiger partial charge in [0.05, 0.1) is 12.4 Å². The molecule has 43 heavy (non-hydrogen) atoms. The monoisotopic (exact) mass is 619 g/mol. The maximum absolute atomic E-state index is 13.4. The molecule has 1 aliphatic heterocycles. The molecule has 2 aromatic heterocycles. The first-order valence-electron chi connectivity index (χ1n) is 14.1. The zero-order valence-corrected chi connectivity index (χ0v) is 25.8. The van der Waals surface area contributed by atoms with Crippen molar-refractivity contribution >= 4 is 22.1 Å². The Morgan fingerprint density at radius 1 is 1.16 bits per heavy atom. The molecule has 12 nitrogen and oxygen atoms in total. The molecule has 5 rings (SSSR count). The lowest BCUT2D eigenvalue weighted by molar-refractivity contribution is -0.262. The lowest BCUT2D eigenvalue weighted by Gasteiger charge is -2.66. The van der Waals surface area contributed by atoms with E-state index in [-0.39, 0.29) is 30.1 Å². The summed E-state index contributed by atoms with van der Waals surface area (Å²) in [5, 5.41) is 12.1. The van der Waals surface area contributed by atoms with E-state index in [2.05, 4.69) is 4.98 Å². The van der Waals surface area contributed by atoms with Crippen molar-refractivity contribution in [3.63, 3.8) is 0 Å². The third-order valence-corrected chi connectivity index (χ3v) is 10.3. The lowest BCUT2D eigenvalue weighted by Crippen LogP contribution is -2.71. The minimum absolute atomic E-state index is 0.0572. The van der Waals surface area contributed by atoms with Crippen molar-refractivity contribution in [2.75, 3.05) is 12.9 Å². The summed E-state index contributed by atoms with van der Waals surface area (Å²) in [6.07, 6.45) is 1.67. The molecule has 3 heterocycles. The summed E-state index contributed by atoms with van der Waals surface area (Å²) in [5.74, 6) is -2.20. The highest BCUT2D eigenvalue weighted by atomic mass is 32.2. The van der Waals surface area contributed by atoms with E-state index in [4.69, 9.17) is 22.8 Å². The summed E-state index contributed by atoms with van der Waals surface area (Å²) in [6.45, 7) is 7.89. The fourth-order valence-corrected chi connectivity index (χ4v) is 8.71. The van der Waals surface area contributed by atoms with Gasteiger partial charge in [0.15, 0.2) is 0 Å². The highest BCUT2D eigenvalue weighted by Crippen LogP contribution is 2.67. The Labute approximate surface area is 249 Å². The van der Waals surface area contributed by atoms with Gasteiger partial charge in [-0.3, -0.25) is 18.8 Å². The molecule has 0 spiro atoms. The predicted molar refractivity (Wildman–Crippen MR) is 151 cm³/mol. The lowest BCUT2D eigenvalue weighted by atomic mass is 9.42. The van der Waals surface area contributed by atoms with Crippen molar-refractivity contribution < 1.29 is 45.9 Å². The van der Waals surface area contributed by atoms with Gasteiger partial charge in [-0.05, 0) is 49.7 Å². The third kappa shape index (κ3) is 5.35. The minimum atomic E-state index is -4.04. The van der Waals surface area contributed by atoms with Gasteiger partial charge in [0.1, 0.15) is 41.5 Å². The Morgan fingerprint density at radius 2 is 1.88 bits per heavy atom. The normalized spacial score (nSPS) is 35.0. The van der Waals surface area contributed by atoms with Gasteiger partial charge in [0.25, 0.3) is 10.1 Å². The number of hydrogen-bond donors (Lipinski definition) is 1. The molecule has 0 saturated heterocycles. The molecule has 13 heteroatoms. The topological polar surface area (TPSA) is 169 Å². The maximum atomic E-state index is 13.4. The van der Waals surface area contributed by atoms with E-state index >= 15 is 0 Å². The van der Waals surface area contributed by atoms with Crippen molar-refractivity contribution in [3.8, 4) is 17.1 Å². The average molecular weight is 620 g/mol. The van der Waals surface area contributed by atoms with Gasteiger partial charge in [-0.15, -0.1) is 0 Å². The maximum Gasteiger partial charge on any atom is 0.345 e. The summed E-state index contributed by atoms with van der Waals surface area (Å²) in [7, 11) is -4.04. The first-order chi connectivity index (χ1) is 20.0. The van der Waals surface area contributed by atoms with Crippen LogP contribution >= 0.6 is 0 Å². The minimum Gasteiger partial charge on any atom is -0.484 e. The number of aliphatic hydroxyl groups is 1. The zero-order valence-electron chi connectivity index (χ0n) is 25.0. The first-order valence-corrected chi connectivity index (χ1v) is 16.0. The van der Waals surface area contributed by atoms with E-state index in [1.165, 1.54) is 26.1 Å². The van der Waals surface area contributed by atoms with Crippen LogP contribution in [-0.4, -0.2) is 61.1 Å². The van der Waals surface area contributed by atoms with E-state index in [1.54, 1.807) is 25.3 Å². The summed E-state index contributed by atoms with van der Waals surface area (Å²) >= 11 is 0. The number of ether oxygens (including phenoxy) is 3. The molecule has 8 atom stereocenters. The van der Waals surface area contributed by atoms with Gasteiger partial charge >= 0.3 is 17.6 Å². The Balaban J connectivity index is 1.68. The highest BCUT2D eigenvalue weighted by molar-refractivity contribution is 7.86. The molecule has 0 radical (unpaired) electrons. The zero-order chi connectivity index (χ0) is 31.5. The molecule has 2 aliphatic carbocycles.